The second-order valence-electron chi connectivity index (χ2n) is 3.31. The van der Waals surface area contributed by atoms with E-state index in [1.54, 1.807) is 0 Å². The van der Waals surface area contributed by atoms with Crippen molar-refractivity contribution in [3.8, 4) is 11.3 Å². The van der Waals surface area contributed by atoms with E-state index in [1.165, 1.54) is 6.07 Å². The van der Waals surface area contributed by atoms with Crippen molar-refractivity contribution in [3.63, 3.8) is 0 Å². The predicted molar refractivity (Wildman–Crippen MR) is 63.8 cm³/mol. The van der Waals surface area contributed by atoms with Gasteiger partial charge in [-0.05, 0) is 61.5 Å². The summed E-state index contributed by atoms with van der Waals surface area (Å²) in [6.07, 6.45) is 0.933. The van der Waals surface area contributed by atoms with Crippen LogP contribution in [0.25, 0.3) is 11.3 Å². The summed E-state index contributed by atoms with van der Waals surface area (Å²) in [5, 5.41) is 0. The third-order valence-corrected chi connectivity index (χ3v) is 2.17. The van der Waals surface area contributed by atoms with Crippen LogP contribution in [0.4, 0.5) is 4.39 Å². The summed E-state index contributed by atoms with van der Waals surface area (Å²) in [6.45, 7) is -8.05. The van der Waals surface area contributed by atoms with Gasteiger partial charge in [-0.15, -0.1) is 0 Å². The van der Waals surface area contributed by atoms with Crippen LogP contribution in [0, 0.1) is 26.4 Å². The summed E-state index contributed by atoms with van der Waals surface area (Å²) in [5.41, 5.74) is -1.12. The molecule has 1 aromatic carbocycles. The highest BCUT2D eigenvalue weighted by Crippen LogP contribution is 2.21. The normalized spacial score (nSPS) is 21.2. The van der Waals surface area contributed by atoms with Gasteiger partial charge in [0.15, 0.2) is 0 Å². The molecule has 0 amide bonds. The Kier molecular flexibility index (Phi) is 1.08. The van der Waals surface area contributed by atoms with Crippen molar-refractivity contribution in [1.82, 2.24) is 4.98 Å². The molecule has 0 N–H and O–H groups in total. The number of aromatic nitrogens is 1. The van der Waals surface area contributed by atoms with Gasteiger partial charge in [-0.25, -0.2) is 4.39 Å². The molecular weight excluding hydrogens is 201 g/mol. The van der Waals surface area contributed by atoms with Crippen molar-refractivity contribution in [3.05, 3.63) is 53.0 Å². The Morgan fingerprint density at radius 3 is 2.62 bits per heavy atom. The number of benzene rings is 1. The lowest BCUT2D eigenvalue weighted by molar-refractivity contribution is 0.619. The highest BCUT2D eigenvalue weighted by atomic mass is 19.1. The Balaban J connectivity index is 2.66. The summed E-state index contributed by atoms with van der Waals surface area (Å²) in [6, 6.07) is 4.34. The van der Waals surface area contributed by atoms with Gasteiger partial charge in [0.1, 0.15) is 5.82 Å². The molecule has 82 valence electrons. The van der Waals surface area contributed by atoms with E-state index in [-0.39, 0.29) is 11.3 Å². The van der Waals surface area contributed by atoms with Gasteiger partial charge in [0, 0.05) is 24.1 Å². The average molecular weight is 224 g/mol. The number of hydrogen-bond donors (Lipinski definition) is 0. The molecule has 0 saturated heterocycles. The van der Waals surface area contributed by atoms with E-state index in [9.17, 15) is 4.39 Å². The molecule has 16 heavy (non-hydrogen) atoms. The van der Waals surface area contributed by atoms with E-state index in [4.69, 9.17) is 12.3 Å². The molecule has 2 rings (SSSR count). The third-order valence-electron chi connectivity index (χ3n) is 2.17. The van der Waals surface area contributed by atoms with Crippen molar-refractivity contribution in [2.45, 2.75) is 20.6 Å². The minimum Gasteiger partial charge on any atom is -0.256 e. The molecule has 2 aromatic rings. The molecule has 2 heteroatoms. The molecule has 0 bridgehead atoms. The zero-order valence-electron chi connectivity index (χ0n) is 17.2. The van der Waals surface area contributed by atoms with Crippen LogP contribution in [0.2, 0.25) is 0 Å². The topological polar surface area (TPSA) is 12.9 Å². The van der Waals surface area contributed by atoms with Gasteiger partial charge in [0.2, 0.25) is 0 Å². The van der Waals surface area contributed by atoms with Crippen LogP contribution in [0.1, 0.15) is 29.0 Å². The van der Waals surface area contributed by atoms with Crippen molar-refractivity contribution in [2.24, 2.45) is 0 Å². The molecule has 0 unspecified atom stereocenters. The van der Waals surface area contributed by atoms with E-state index in [0.717, 1.165) is 24.4 Å². The van der Waals surface area contributed by atoms with Gasteiger partial charge in [0.05, 0.1) is 5.69 Å². The monoisotopic (exact) mass is 224 g/mol. The summed E-state index contributed by atoms with van der Waals surface area (Å²) in [5.74, 6) is -0.918. The summed E-state index contributed by atoms with van der Waals surface area (Å²) in [7, 11) is 0. The van der Waals surface area contributed by atoms with Gasteiger partial charge in [-0.2, -0.15) is 0 Å². The van der Waals surface area contributed by atoms with Crippen molar-refractivity contribution in [1.29, 1.82) is 0 Å². The smallest absolute Gasteiger partial charge is 0.126 e. The highest BCUT2D eigenvalue weighted by Gasteiger charge is 2.04. The maximum atomic E-state index is 13.7. The molecule has 0 aliphatic rings. The Morgan fingerprint density at radius 2 is 1.88 bits per heavy atom. The fraction of sp³-hybridized carbons (Fsp3) is 0.214. The minimum atomic E-state index is -2.70. The molecule has 1 heterocycles. The fourth-order valence-electron chi connectivity index (χ4n) is 1.30. The molecule has 0 aliphatic carbocycles. The second-order valence-corrected chi connectivity index (χ2v) is 3.31. The standard InChI is InChI=1S/C14H14FN/c1-9-7-14(16-8-11(9)3)12-4-5-13(15)10(2)6-12/h4-8H,1-3H3/i1D3,2D3,3D3. The molecule has 0 fully saturated rings. The maximum absolute atomic E-state index is 13.7. The minimum absolute atomic E-state index is 0.0459. The summed E-state index contributed by atoms with van der Waals surface area (Å²) < 4.78 is 80.6. The quantitative estimate of drug-likeness (QED) is 0.717. The third kappa shape index (κ3) is 1.96. The number of rotatable bonds is 1. The first-order valence-electron chi connectivity index (χ1n) is 9.02. The zero-order chi connectivity index (χ0) is 19.2. The largest absolute Gasteiger partial charge is 0.256 e. The van der Waals surface area contributed by atoms with E-state index >= 15 is 0 Å². The van der Waals surface area contributed by atoms with Crippen molar-refractivity contribution >= 4 is 0 Å². The van der Waals surface area contributed by atoms with Crippen LogP contribution in [0.3, 0.4) is 0 Å². The van der Waals surface area contributed by atoms with Gasteiger partial charge < -0.3 is 0 Å². The molecule has 0 atom stereocenters. The molecule has 0 saturated carbocycles. The maximum Gasteiger partial charge on any atom is 0.126 e. The lowest BCUT2D eigenvalue weighted by Crippen LogP contribution is -1.90. The Hall–Kier alpha value is -1.70. The zero-order valence-corrected chi connectivity index (χ0v) is 8.21. The lowest BCUT2D eigenvalue weighted by Gasteiger charge is -2.05. The number of aryl methyl sites for hydroxylation is 3. The summed E-state index contributed by atoms with van der Waals surface area (Å²) >= 11 is 0. The molecule has 1 aromatic heterocycles. The first kappa shape index (κ1) is 4.28. The SMILES string of the molecule is [2H]C([2H])([2H])c1cc(-c2cc(C([2H])([2H])[2H])c(C([2H])([2H])[2H])cn2)ccc1F. The number of nitrogens with zero attached hydrogens (tertiary/aromatic N) is 1. The molecule has 0 aliphatic heterocycles. The fourth-order valence-corrected chi connectivity index (χ4v) is 1.30. The Labute approximate surface area is 108 Å². The van der Waals surface area contributed by atoms with Crippen LogP contribution >= 0.6 is 0 Å². The first-order valence-corrected chi connectivity index (χ1v) is 4.52. The molecule has 0 spiro atoms. The van der Waals surface area contributed by atoms with Crippen LogP contribution < -0.4 is 0 Å². The second kappa shape index (κ2) is 4.05. The van der Waals surface area contributed by atoms with Gasteiger partial charge in [0.25, 0.3) is 0 Å². The van der Waals surface area contributed by atoms with E-state index < -0.39 is 43.1 Å². The first-order chi connectivity index (χ1) is 11.2. The molecule has 0 radical (unpaired) electrons. The van der Waals surface area contributed by atoms with Gasteiger partial charge >= 0.3 is 0 Å². The number of pyridine rings is 1. The predicted octanol–water partition coefficient (Wildman–Crippen LogP) is 3.81. The van der Waals surface area contributed by atoms with Gasteiger partial charge in [-0.3, -0.25) is 4.98 Å². The van der Waals surface area contributed by atoms with Crippen LogP contribution in [0.15, 0.2) is 30.5 Å². The van der Waals surface area contributed by atoms with Gasteiger partial charge in [-0.1, -0.05) is 0 Å². The van der Waals surface area contributed by atoms with Crippen LogP contribution in [-0.2, 0) is 0 Å². The average Bonchev–Trinajstić information content (AvgIpc) is 2.44. The molecule has 1 nitrogen and oxygen atoms in total. The van der Waals surface area contributed by atoms with Crippen LogP contribution in [0.5, 0.6) is 0 Å². The van der Waals surface area contributed by atoms with Crippen molar-refractivity contribution in [2.75, 3.05) is 0 Å². The van der Waals surface area contributed by atoms with E-state index in [1.807, 2.05) is 0 Å². The lowest BCUT2D eigenvalue weighted by atomic mass is 10.1. The van der Waals surface area contributed by atoms with Crippen LogP contribution in [-0.4, -0.2) is 4.98 Å². The van der Waals surface area contributed by atoms with Crippen molar-refractivity contribution < 1.29 is 16.7 Å². The number of hydrogen-bond acceptors (Lipinski definition) is 1. The Bertz CT molecular complexity index is 790. The Morgan fingerprint density at radius 1 is 1.06 bits per heavy atom. The number of halogens is 1. The van der Waals surface area contributed by atoms with E-state index in [2.05, 4.69) is 4.98 Å². The highest BCUT2D eigenvalue weighted by molar-refractivity contribution is 5.61. The molecular formula is C14H14FN. The summed E-state index contributed by atoms with van der Waals surface area (Å²) in [4.78, 5) is 3.93. The van der Waals surface area contributed by atoms with E-state index in [0.29, 0.717) is 0 Å².